The van der Waals surface area contributed by atoms with Crippen LogP contribution in [0.5, 0.6) is 0 Å². The van der Waals surface area contributed by atoms with Crippen molar-refractivity contribution in [3.8, 4) is 0 Å². The molecule has 2 aromatic carbocycles. The molecule has 3 unspecified atom stereocenters. The van der Waals surface area contributed by atoms with Gasteiger partial charge in [-0.1, -0.05) is 18.1 Å². The van der Waals surface area contributed by atoms with Crippen molar-refractivity contribution in [3.63, 3.8) is 0 Å². The fourth-order valence-corrected chi connectivity index (χ4v) is 4.74. The van der Waals surface area contributed by atoms with Gasteiger partial charge in [-0.3, -0.25) is 19.3 Å². The predicted octanol–water partition coefficient (Wildman–Crippen LogP) is 2.10. The number of nitrogens with zero attached hydrogens (tertiary/aromatic N) is 4. The summed E-state index contributed by atoms with van der Waals surface area (Å²) < 4.78 is 10.1. The maximum absolute atomic E-state index is 13.6. The molecule has 8 N–H and O–H groups in total. The molecule has 1 amide bonds. The number of anilines is 2. The Bertz CT molecular complexity index is 1840. The number of hydrogen-bond donors (Lipinski definition) is 6. The van der Waals surface area contributed by atoms with Gasteiger partial charge in [0.2, 0.25) is 0 Å². The molecule has 270 valence electrons. The Morgan fingerprint density at radius 2 is 1.76 bits per heavy atom. The average molecular weight is 720 g/mol. The van der Waals surface area contributed by atoms with Gasteiger partial charge in [-0.15, -0.1) is 0 Å². The van der Waals surface area contributed by atoms with Crippen molar-refractivity contribution < 1.29 is 33.5 Å². The molecule has 0 aliphatic rings. The third kappa shape index (κ3) is 10.7. The van der Waals surface area contributed by atoms with Gasteiger partial charge < -0.3 is 41.8 Å². The summed E-state index contributed by atoms with van der Waals surface area (Å²) in [6.07, 6.45) is 1.60. The van der Waals surface area contributed by atoms with E-state index in [1.54, 1.807) is 80.7 Å². The largest absolute Gasteiger partial charge is 0.466 e. The highest BCUT2D eigenvalue weighted by Crippen LogP contribution is 2.20. The average Bonchev–Trinajstić information content (AvgIpc) is 3.57. The number of thiol groups is 1. The molecule has 0 aliphatic heterocycles. The lowest BCUT2D eigenvalue weighted by Crippen LogP contribution is -2.41. The van der Waals surface area contributed by atoms with Crippen LogP contribution in [-0.2, 0) is 35.2 Å². The molecule has 0 spiro atoms. The van der Waals surface area contributed by atoms with Crippen LogP contribution in [-0.4, -0.2) is 82.2 Å². The zero-order valence-corrected chi connectivity index (χ0v) is 29.0. The van der Waals surface area contributed by atoms with E-state index in [1.165, 1.54) is 4.90 Å². The number of aromatic nitrogens is 3. The van der Waals surface area contributed by atoms with Crippen molar-refractivity contribution in [1.82, 2.24) is 15.0 Å². The van der Waals surface area contributed by atoms with Crippen LogP contribution in [0.15, 0.2) is 72.0 Å². The summed E-state index contributed by atoms with van der Waals surface area (Å²) in [7, 11) is 0. The molecule has 2 heterocycles. The van der Waals surface area contributed by atoms with Crippen LogP contribution in [0.25, 0.3) is 11.0 Å². The van der Waals surface area contributed by atoms with E-state index >= 15 is 0 Å². The standard InChI is InChI=1S/C34H41N9O7S/c1-3-48-29(44)13-15-43(28-6-4-5-14-38-28)32(45)22-9-12-25-26(16-22)41-27(40-25)17-39-23-10-7-21(8-11-23)31(37)42-50-34(47)30(36)20(2)18-49-33(46)24(35)19-51/h4-12,14,16,20,24,30,39,51H,3,13,15,17-19,35-36H2,1-2H3,(H2,37,42)(H,40,41). The third-order valence-electron chi connectivity index (χ3n) is 7.54. The number of amides is 1. The van der Waals surface area contributed by atoms with Crippen LogP contribution in [0, 0.1) is 5.92 Å². The number of pyridine rings is 1. The molecule has 17 heteroatoms. The van der Waals surface area contributed by atoms with E-state index in [0.717, 1.165) is 5.69 Å². The minimum atomic E-state index is -1.12. The van der Waals surface area contributed by atoms with Gasteiger partial charge >= 0.3 is 17.9 Å². The van der Waals surface area contributed by atoms with Crippen LogP contribution < -0.4 is 27.4 Å². The number of esters is 2. The SMILES string of the molecule is CCOC(=O)CCN(C(=O)c1ccc2nc(CNc3ccc(/C(N)=N/OC(=O)C(N)C(C)COC(=O)C(N)CS)cc3)[nH]c2c1)c1ccccn1. The topological polar surface area (TPSA) is 243 Å². The lowest BCUT2D eigenvalue weighted by molar-refractivity contribution is -0.151. The van der Waals surface area contributed by atoms with Crippen molar-refractivity contribution >= 4 is 64.8 Å². The van der Waals surface area contributed by atoms with E-state index in [1.807, 2.05) is 0 Å². The molecule has 3 atom stereocenters. The van der Waals surface area contributed by atoms with Crippen molar-refractivity contribution in [2.75, 3.05) is 35.7 Å². The Kier molecular flexibility index (Phi) is 13.9. The van der Waals surface area contributed by atoms with Gasteiger partial charge in [0.15, 0.2) is 5.84 Å². The summed E-state index contributed by atoms with van der Waals surface area (Å²) in [6.45, 7) is 3.90. The molecular weight excluding hydrogens is 678 g/mol. The maximum Gasteiger partial charge on any atom is 0.352 e. The molecule has 0 saturated heterocycles. The summed E-state index contributed by atoms with van der Waals surface area (Å²) in [4.78, 5) is 68.2. The maximum atomic E-state index is 13.6. The summed E-state index contributed by atoms with van der Waals surface area (Å²) in [5.74, 6) is -1.67. The number of H-pyrrole nitrogens is 1. The molecule has 0 aliphatic carbocycles. The van der Waals surface area contributed by atoms with Crippen molar-refractivity contribution in [1.29, 1.82) is 0 Å². The Morgan fingerprint density at radius 1 is 1.02 bits per heavy atom. The van der Waals surface area contributed by atoms with Crippen molar-refractivity contribution in [3.05, 3.63) is 83.8 Å². The molecule has 2 aromatic heterocycles. The van der Waals surface area contributed by atoms with Gasteiger partial charge in [0.25, 0.3) is 5.91 Å². The van der Waals surface area contributed by atoms with E-state index in [4.69, 9.17) is 31.5 Å². The van der Waals surface area contributed by atoms with Crippen LogP contribution in [0.3, 0.4) is 0 Å². The van der Waals surface area contributed by atoms with Gasteiger partial charge in [-0.05, 0) is 61.5 Å². The Hall–Kier alpha value is -5.52. The second-order valence-corrected chi connectivity index (χ2v) is 11.7. The van der Waals surface area contributed by atoms with Gasteiger partial charge in [0.1, 0.15) is 23.7 Å². The van der Waals surface area contributed by atoms with E-state index in [2.05, 4.69) is 38.1 Å². The first kappa shape index (κ1) is 38.3. The number of carbonyl (C=O) groups excluding carboxylic acids is 4. The number of nitrogens with two attached hydrogens (primary N) is 3. The summed E-state index contributed by atoms with van der Waals surface area (Å²) >= 11 is 3.94. The molecule has 0 saturated carbocycles. The number of benzene rings is 2. The number of imidazole rings is 1. The minimum absolute atomic E-state index is 0.0231. The Balaban J connectivity index is 1.33. The third-order valence-corrected chi connectivity index (χ3v) is 7.93. The lowest BCUT2D eigenvalue weighted by atomic mass is 10.0. The Labute approximate surface area is 299 Å². The quantitative estimate of drug-likeness (QED) is 0.0229. The molecule has 0 radical (unpaired) electrons. The van der Waals surface area contributed by atoms with E-state index in [0.29, 0.717) is 40.3 Å². The van der Waals surface area contributed by atoms with Crippen LogP contribution >= 0.6 is 12.6 Å². The first-order valence-corrected chi connectivity index (χ1v) is 16.7. The molecular formula is C34H41N9O7S. The van der Waals surface area contributed by atoms with Gasteiger partial charge in [-0.2, -0.15) is 12.6 Å². The molecule has 51 heavy (non-hydrogen) atoms. The normalized spacial score (nSPS) is 13.2. The lowest BCUT2D eigenvalue weighted by Gasteiger charge is -2.21. The van der Waals surface area contributed by atoms with Gasteiger partial charge in [0.05, 0.1) is 37.2 Å². The molecule has 0 fully saturated rings. The van der Waals surface area contributed by atoms with Crippen LogP contribution in [0.2, 0.25) is 0 Å². The van der Waals surface area contributed by atoms with Crippen LogP contribution in [0.4, 0.5) is 11.5 Å². The monoisotopic (exact) mass is 719 g/mol. The molecule has 16 nitrogen and oxygen atoms in total. The summed E-state index contributed by atoms with van der Waals surface area (Å²) in [5, 5.41) is 6.95. The number of amidine groups is 1. The molecule has 4 aromatic rings. The Morgan fingerprint density at radius 3 is 2.45 bits per heavy atom. The number of rotatable bonds is 17. The van der Waals surface area contributed by atoms with Gasteiger partial charge in [0, 0.05) is 41.2 Å². The summed E-state index contributed by atoms with van der Waals surface area (Å²) in [5.41, 5.74) is 20.4. The minimum Gasteiger partial charge on any atom is -0.466 e. The van der Waals surface area contributed by atoms with E-state index in [-0.39, 0.29) is 43.7 Å². The smallest absolute Gasteiger partial charge is 0.352 e. The number of aromatic amines is 1. The first-order chi connectivity index (χ1) is 24.5. The zero-order chi connectivity index (χ0) is 36.9. The number of nitrogens with one attached hydrogen (secondary N) is 2. The fraction of sp³-hybridized carbons (Fsp3) is 0.324. The van der Waals surface area contributed by atoms with E-state index < -0.39 is 35.9 Å². The number of carbonyl (C=O) groups is 4. The molecule has 0 bridgehead atoms. The molecule has 4 rings (SSSR count). The number of ether oxygens (including phenoxy) is 2. The second kappa shape index (κ2) is 18.5. The van der Waals surface area contributed by atoms with Crippen molar-refractivity contribution in [2.24, 2.45) is 28.3 Å². The summed E-state index contributed by atoms with van der Waals surface area (Å²) in [6, 6.07) is 15.3. The predicted molar refractivity (Wildman–Crippen MR) is 194 cm³/mol. The highest BCUT2D eigenvalue weighted by molar-refractivity contribution is 7.80. The van der Waals surface area contributed by atoms with Crippen molar-refractivity contribution in [2.45, 2.75) is 38.9 Å². The highest BCUT2D eigenvalue weighted by Gasteiger charge is 2.25. The number of hydrogen-bond acceptors (Lipinski definition) is 14. The fourth-order valence-electron chi connectivity index (χ4n) is 4.59. The first-order valence-electron chi connectivity index (χ1n) is 16.0. The second-order valence-electron chi connectivity index (χ2n) is 11.4. The highest BCUT2D eigenvalue weighted by atomic mass is 32.1. The number of fused-ring (bicyclic) bond motifs is 1. The van der Waals surface area contributed by atoms with Crippen LogP contribution in [0.1, 0.15) is 42.0 Å². The van der Waals surface area contributed by atoms with Gasteiger partial charge in [-0.25, -0.2) is 14.8 Å². The zero-order valence-electron chi connectivity index (χ0n) is 28.2. The van der Waals surface area contributed by atoms with E-state index in [9.17, 15) is 19.2 Å². The number of oxime groups is 1.